The number of hydrogen-bond donors (Lipinski definition) is 0. The minimum absolute atomic E-state index is 0.326. The summed E-state index contributed by atoms with van der Waals surface area (Å²) < 4.78 is 5.17. The molecule has 13 heavy (non-hydrogen) atoms. The minimum Gasteiger partial charge on any atom is -0.382 e. The first-order valence-corrected chi connectivity index (χ1v) is 5.16. The van der Waals surface area contributed by atoms with E-state index in [4.69, 9.17) is 4.74 Å². The first-order valence-electron chi connectivity index (χ1n) is 5.16. The zero-order valence-corrected chi connectivity index (χ0v) is 9.76. The third-order valence-electron chi connectivity index (χ3n) is 2.00. The van der Waals surface area contributed by atoms with Gasteiger partial charge in [0, 0.05) is 7.11 Å². The fourth-order valence-electron chi connectivity index (χ4n) is 1.08. The third-order valence-corrected chi connectivity index (χ3v) is 2.00. The molecule has 1 atom stereocenters. The molecule has 0 aromatic heterocycles. The second-order valence-electron chi connectivity index (χ2n) is 4.75. The standard InChI is InChI=1S/C12H24O/c1-11(13-5)9-7-6-8-10-12(2,3)4/h8,10-11H,6-7,9H2,1-5H3/b10-8+. The summed E-state index contributed by atoms with van der Waals surface area (Å²) >= 11 is 0. The molecular formula is C12H24O. The molecule has 0 spiro atoms. The maximum Gasteiger partial charge on any atom is 0.0543 e. The number of allylic oxidation sites excluding steroid dienone is 2. The van der Waals surface area contributed by atoms with E-state index in [1.54, 1.807) is 7.11 Å². The number of hydrogen-bond acceptors (Lipinski definition) is 1. The molecule has 0 aromatic rings. The molecule has 0 saturated carbocycles. The van der Waals surface area contributed by atoms with Gasteiger partial charge in [0.2, 0.25) is 0 Å². The van der Waals surface area contributed by atoms with E-state index < -0.39 is 0 Å². The van der Waals surface area contributed by atoms with Crippen LogP contribution in [0.25, 0.3) is 0 Å². The van der Waals surface area contributed by atoms with Crippen molar-refractivity contribution in [1.82, 2.24) is 0 Å². The lowest BCUT2D eigenvalue weighted by molar-refractivity contribution is 0.109. The molecule has 0 aromatic carbocycles. The van der Waals surface area contributed by atoms with Crippen LogP contribution in [0.3, 0.4) is 0 Å². The molecule has 1 unspecified atom stereocenters. The van der Waals surface area contributed by atoms with Crippen molar-refractivity contribution in [2.75, 3.05) is 7.11 Å². The number of methoxy groups -OCH3 is 1. The van der Waals surface area contributed by atoms with Crippen LogP contribution in [-0.2, 0) is 4.74 Å². The van der Waals surface area contributed by atoms with Crippen LogP contribution in [0.4, 0.5) is 0 Å². The van der Waals surface area contributed by atoms with E-state index in [0.29, 0.717) is 11.5 Å². The minimum atomic E-state index is 0.326. The quantitative estimate of drug-likeness (QED) is 0.466. The van der Waals surface area contributed by atoms with Crippen LogP contribution < -0.4 is 0 Å². The van der Waals surface area contributed by atoms with Crippen molar-refractivity contribution >= 4 is 0 Å². The van der Waals surface area contributed by atoms with Crippen molar-refractivity contribution in [3.8, 4) is 0 Å². The highest BCUT2D eigenvalue weighted by molar-refractivity contribution is 4.91. The van der Waals surface area contributed by atoms with Gasteiger partial charge in [0.1, 0.15) is 0 Å². The van der Waals surface area contributed by atoms with E-state index in [-0.39, 0.29) is 0 Å². The highest BCUT2D eigenvalue weighted by Gasteiger charge is 2.03. The highest BCUT2D eigenvalue weighted by Crippen LogP contribution is 2.15. The largest absolute Gasteiger partial charge is 0.382 e. The first-order chi connectivity index (χ1) is 5.95. The molecular weight excluding hydrogens is 160 g/mol. The molecule has 0 aliphatic rings. The summed E-state index contributed by atoms with van der Waals surface area (Å²) in [5.74, 6) is 0. The Morgan fingerprint density at radius 3 is 2.38 bits per heavy atom. The predicted molar refractivity (Wildman–Crippen MR) is 58.9 cm³/mol. The van der Waals surface area contributed by atoms with Gasteiger partial charge in [-0.15, -0.1) is 0 Å². The highest BCUT2D eigenvalue weighted by atomic mass is 16.5. The molecule has 0 fully saturated rings. The summed E-state index contributed by atoms with van der Waals surface area (Å²) in [6, 6.07) is 0. The Morgan fingerprint density at radius 2 is 1.92 bits per heavy atom. The van der Waals surface area contributed by atoms with Crippen LogP contribution >= 0.6 is 0 Å². The maximum absolute atomic E-state index is 5.17. The summed E-state index contributed by atoms with van der Waals surface area (Å²) in [5.41, 5.74) is 0.326. The van der Waals surface area contributed by atoms with Gasteiger partial charge in [-0.05, 0) is 31.6 Å². The monoisotopic (exact) mass is 184 g/mol. The zero-order valence-electron chi connectivity index (χ0n) is 9.76. The van der Waals surface area contributed by atoms with E-state index >= 15 is 0 Å². The van der Waals surface area contributed by atoms with Crippen LogP contribution in [0.1, 0.15) is 47.0 Å². The molecule has 0 saturated heterocycles. The van der Waals surface area contributed by atoms with Gasteiger partial charge in [0.25, 0.3) is 0 Å². The second kappa shape index (κ2) is 6.20. The number of rotatable bonds is 5. The smallest absolute Gasteiger partial charge is 0.0543 e. The summed E-state index contributed by atoms with van der Waals surface area (Å²) in [6.07, 6.45) is 8.52. The van der Waals surface area contributed by atoms with Crippen molar-refractivity contribution in [2.24, 2.45) is 5.41 Å². The fraction of sp³-hybridized carbons (Fsp3) is 0.833. The normalized spacial score (nSPS) is 15.2. The van der Waals surface area contributed by atoms with Gasteiger partial charge < -0.3 is 4.74 Å². The summed E-state index contributed by atoms with van der Waals surface area (Å²) in [5, 5.41) is 0. The molecule has 0 bridgehead atoms. The molecule has 1 heteroatoms. The van der Waals surface area contributed by atoms with Gasteiger partial charge in [-0.1, -0.05) is 32.9 Å². The summed E-state index contributed by atoms with van der Waals surface area (Å²) in [4.78, 5) is 0. The molecule has 0 aliphatic heterocycles. The SMILES string of the molecule is COC(C)CCC/C=C/C(C)(C)C. The lowest BCUT2D eigenvalue weighted by Gasteiger charge is -2.11. The van der Waals surface area contributed by atoms with E-state index in [9.17, 15) is 0 Å². The Balaban J connectivity index is 3.41. The van der Waals surface area contributed by atoms with Crippen LogP contribution in [0.2, 0.25) is 0 Å². The van der Waals surface area contributed by atoms with Gasteiger partial charge in [-0.25, -0.2) is 0 Å². The lowest BCUT2D eigenvalue weighted by atomic mass is 9.95. The predicted octanol–water partition coefficient (Wildman–Crippen LogP) is 3.79. The lowest BCUT2D eigenvalue weighted by Crippen LogP contribution is -2.03. The van der Waals surface area contributed by atoms with Crippen LogP contribution in [0, 0.1) is 5.41 Å². The topological polar surface area (TPSA) is 9.23 Å². The molecule has 0 N–H and O–H groups in total. The average molecular weight is 184 g/mol. The third kappa shape index (κ3) is 9.62. The maximum atomic E-state index is 5.17. The van der Waals surface area contributed by atoms with E-state index in [0.717, 1.165) is 6.42 Å². The van der Waals surface area contributed by atoms with E-state index in [1.807, 2.05) is 0 Å². The molecule has 0 rings (SSSR count). The van der Waals surface area contributed by atoms with Crippen LogP contribution in [0.5, 0.6) is 0 Å². The molecule has 1 nitrogen and oxygen atoms in total. The Kier molecular flexibility index (Phi) is 6.06. The van der Waals surface area contributed by atoms with E-state index in [1.165, 1.54) is 12.8 Å². The Labute approximate surface area is 83.2 Å². The van der Waals surface area contributed by atoms with Gasteiger partial charge in [0.15, 0.2) is 0 Å². The molecule has 0 amide bonds. The van der Waals surface area contributed by atoms with Crippen molar-refractivity contribution in [3.63, 3.8) is 0 Å². The average Bonchev–Trinajstić information content (AvgIpc) is 2.01. The fourth-order valence-corrected chi connectivity index (χ4v) is 1.08. The first kappa shape index (κ1) is 12.7. The van der Waals surface area contributed by atoms with Crippen molar-refractivity contribution in [1.29, 1.82) is 0 Å². The molecule has 0 heterocycles. The van der Waals surface area contributed by atoms with Crippen molar-refractivity contribution in [3.05, 3.63) is 12.2 Å². The Morgan fingerprint density at radius 1 is 1.31 bits per heavy atom. The van der Waals surface area contributed by atoms with Crippen LogP contribution in [0.15, 0.2) is 12.2 Å². The molecule has 0 radical (unpaired) electrons. The number of unbranched alkanes of at least 4 members (excludes halogenated alkanes) is 1. The second-order valence-corrected chi connectivity index (χ2v) is 4.75. The van der Waals surface area contributed by atoms with Gasteiger partial charge in [-0.2, -0.15) is 0 Å². The summed E-state index contributed by atoms with van der Waals surface area (Å²) in [6.45, 7) is 8.79. The Bertz CT molecular complexity index is 142. The summed E-state index contributed by atoms with van der Waals surface area (Å²) in [7, 11) is 1.77. The van der Waals surface area contributed by atoms with Gasteiger partial charge in [-0.3, -0.25) is 0 Å². The van der Waals surface area contributed by atoms with E-state index in [2.05, 4.69) is 39.8 Å². The van der Waals surface area contributed by atoms with Crippen molar-refractivity contribution in [2.45, 2.75) is 53.1 Å². The van der Waals surface area contributed by atoms with Crippen molar-refractivity contribution < 1.29 is 4.74 Å². The van der Waals surface area contributed by atoms with Gasteiger partial charge in [0.05, 0.1) is 6.10 Å². The number of ether oxygens (including phenoxy) is 1. The molecule has 78 valence electrons. The molecule has 0 aliphatic carbocycles. The zero-order chi connectivity index (χ0) is 10.3. The van der Waals surface area contributed by atoms with Gasteiger partial charge >= 0.3 is 0 Å². The Hall–Kier alpha value is -0.300. The van der Waals surface area contributed by atoms with Crippen LogP contribution in [-0.4, -0.2) is 13.2 Å².